The molecule has 5 heteroatoms. The molecule has 1 amide bonds. The van der Waals surface area contributed by atoms with Gasteiger partial charge in [-0.2, -0.15) is 0 Å². The number of ether oxygens (including phenoxy) is 1. The van der Waals surface area contributed by atoms with Crippen molar-refractivity contribution >= 4 is 5.91 Å². The van der Waals surface area contributed by atoms with Gasteiger partial charge in [0.05, 0.1) is 6.04 Å². The third-order valence-electron chi connectivity index (χ3n) is 3.98. The summed E-state index contributed by atoms with van der Waals surface area (Å²) in [7, 11) is 4.01. The second kappa shape index (κ2) is 6.50. The molecule has 0 spiro atoms. The van der Waals surface area contributed by atoms with E-state index in [4.69, 9.17) is 10.5 Å². The summed E-state index contributed by atoms with van der Waals surface area (Å²) in [5.41, 5.74) is 5.95. The molecule has 0 bridgehead atoms. The SMILES string of the molecule is CN(C)C(C)(C)CNC(=O)C(N)C1CCOCC1. The first-order valence-electron chi connectivity index (χ1n) is 6.63. The van der Waals surface area contributed by atoms with Gasteiger partial charge in [0.2, 0.25) is 5.91 Å². The zero-order valence-corrected chi connectivity index (χ0v) is 12.0. The maximum Gasteiger partial charge on any atom is 0.237 e. The Labute approximate surface area is 110 Å². The molecular weight excluding hydrogens is 230 g/mol. The minimum Gasteiger partial charge on any atom is -0.381 e. The highest BCUT2D eigenvalue weighted by molar-refractivity contribution is 5.81. The van der Waals surface area contributed by atoms with E-state index < -0.39 is 6.04 Å². The van der Waals surface area contributed by atoms with Crippen LogP contribution in [-0.4, -0.2) is 56.2 Å². The molecule has 0 saturated carbocycles. The van der Waals surface area contributed by atoms with Gasteiger partial charge in [0.15, 0.2) is 0 Å². The minimum atomic E-state index is -0.410. The molecule has 18 heavy (non-hydrogen) atoms. The van der Waals surface area contributed by atoms with Gasteiger partial charge in [-0.1, -0.05) is 0 Å². The molecule has 1 rings (SSSR count). The van der Waals surface area contributed by atoms with Crippen molar-refractivity contribution in [2.24, 2.45) is 11.7 Å². The van der Waals surface area contributed by atoms with Crippen molar-refractivity contribution < 1.29 is 9.53 Å². The van der Waals surface area contributed by atoms with Gasteiger partial charge in [-0.3, -0.25) is 4.79 Å². The lowest BCUT2D eigenvalue weighted by molar-refractivity contribution is -0.124. The average molecular weight is 257 g/mol. The molecule has 106 valence electrons. The third-order valence-corrected chi connectivity index (χ3v) is 3.98. The number of nitrogens with zero attached hydrogens (tertiary/aromatic N) is 1. The lowest BCUT2D eigenvalue weighted by Gasteiger charge is -2.34. The summed E-state index contributed by atoms with van der Waals surface area (Å²) in [6, 6.07) is -0.410. The lowest BCUT2D eigenvalue weighted by atomic mass is 9.91. The van der Waals surface area contributed by atoms with Crippen LogP contribution < -0.4 is 11.1 Å². The van der Waals surface area contributed by atoms with Gasteiger partial charge in [-0.15, -0.1) is 0 Å². The topological polar surface area (TPSA) is 67.6 Å². The third kappa shape index (κ3) is 4.23. The largest absolute Gasteiger partial charge is 0.381 e. The number of likely N-dealkylation sites (N-methyl/N-ethyl adjacent to an activating group) is 1. The molecule has 1 aliphatic rings. The quantitative estimate of drug-likeness (QED) is 0.738. The Hall–Kier alpha value is -0.650. The highest BCUT2D eigenvalue weighted by atomic mass is 16.5. The predicted molar refractivity (Wildman–Crippen MR) is 72.3 cm³/mol. The van der Waals surface area contributed by atoms with Crippen LogP contribution in [0.1, 0.15) is 26.7 Å². The maximum absolute atomic E-state index is 12.0. The summed E-state index contributed by atoms with van der Waals surface area (Å²) in [6.07, 6.45) is 1.76. The Morgan fingerprint density at radius 2 is 2.00 bits per heavy atom. The number of rotatable bonds is 5. The summed E-state index contributed by atoms with van der Waals surface area (Å²) >= 11 is 0. The summed E-state index contributed by atoms with van der Waals surface area (Å²) in [6.45, 7) is 6.22. The molecule has 0 aromatic heterocycles. The van der Waals surface area contributed by atoms with Crippen LogP contribution in [0.15, 0.2) is 0 Å². The molecule has 3 N–H and O–H groups in total. The van der Waals surface area contributed by atoms with Crippen molar-refractivity contribution in [1.82, 2.24) is 10.2 Å². The molecule has 1 fully saturated rings. The Morgan fingerprint density at radius 1 is 1.44 bits per heavy atom. The van der Waals surface area contributed by atoms with Gasteiger partial charge < -0.3 is 20.7 Å². The van der Waals surface area contributed by atoms with E-state index in [0.29, 0.717) is 6.54 Å². The van der Waals surface area contributed by atoms with Gasteiger partial charge in [-0.05, 0) is 46.7 Å². The maximum atomic E-state index is 12.0. The number of amides is 1. The minimum absolute atomic E-state index is 0.0446. The fourth-order valence-electron chi connectivity index (χ4n) is 1.87. The van der Waals surface area contributed by atoms with E-state index in [-0.39, 0.29) is 17.4 Å². The first-order valence-corrected chi connectivity index (χ1v) is 6.63. The van der Waals surface area contributed by atoms with Gasteiger partial charge in [0, 0.05) is 25.3 Å². The summed E-state index contributed by atoms with van der Waals surface area (Å²) in [5, 5.41) is 2.95. The number of nitrogens with one attached hydrogen (secondary N) is 1. The van der Waals surface area contributed by atoms with Crippen LogP contribution in [0, 0.1) is 5.92 Å². The number of nitrogens with two attached hydrogens (primary N) is 1. The number of carbonyl (C=O) groups is 1. The van der Waals surface area contributed by atoms with Crippen molar-refractivity contribution in [3.63, 3.8) is 0 Å². The molecular formula is C13H27N3O2. The standard InChI is InChI=1S/C13H27N3O2/c1-13(2,16(3)4)9-15-12(17)11(14)10-5-7-18-8-6-10/h10-11H,5-9,14H2,1-4H3,(H,15,17). The zero-order chi connectivity index (χ0) is 13.8. The zero-order valence-electron chi connectivity index (χ0n) is 12.0. The van der Waals surface area contributed by atoms with Crippen LogP contribution in [0.2, 0.25) is 0 Å². The Bertz CT molecular complexity index is 273. The fourth-order valence-corrected chi connectivity index (χ4v) is 1.87. The molecule has 0 aromatic rings. The molecule has 5 nitrogen and oxygen atoms in total. The van der Waals surface area contributed by atoms with Crippen LogP contribution in [0.5, 0.6) is 0 Å². The molecule has 1 heterocycles. The van der Waals surface area contributed by atoms with Gasteiger partial charge in [0.1, 0.15) is 0 Å². The van der Waals surface area contributed by atoms with E-state index in [9.17, 15) is 4.79 Å². The fraction of sp³-hybridized carbons (Fsp3) is 0.923. The van der Waals surface area contributed by atoms with Gasteiger partial charge in [0.25, 0.3) is 0 Å². The van der Waals surface area contributed by atoms with E-state index in [1.807, 2.05) is 14.1 Å². The number of hydrogen-bond donors (Lipinski definition) is 2. The van der Waals surface area contributed by atoms with Crippen LogP contribution in [0.3, 0.4) is 0 Å². The first-order chi connectivity index (χ1) is 8.34. The first kappa shape index (κ1) is 15.4. The van der Waals surface area contributed by atoms with Crippen LogP contribution in [0.4, 0.5) is 0 Å². The molecule has 1 unspecified atom stereocenters. The van der Waals surface area contributed by atoms with Gasteiger partial charge >= 0.3 is 0 Å². The second-order valence-corrected chi connectivity index (χ2v) is 5.90. The van der Waals surface area contributed by atoms with E-state index in [1.54, 1.807) is 0 Å². The summed E-state index contributed by atoms with van der Waals surface area (Å²) in [5.74, 6) is 0.207. The molecule has 0 aliphatic carbocycles. The van der Waals surface area contributed by atoms with Crippen LogP contribution in [0.25, 0.3) is 0 Å². The van der Waals surface area contributed by atoms with Crippen molar-refractivity contribution in [2.45, 2.75) is 38.3 Å². The van der Waals surface area contributed by atoms with E-state index >= 15 is 0 Å². The van der Waals surface area contributed by atoms with Crippen molar-refractivity contribution in [3.05, 3.63) is 0 Å². The molecule has 0 radical (unpaired) electrons. The molecule has 1 atom stereocenters. The van der Waals surface area contributed by atoms with E-state index in [2.05, 4.69) is 24.1 Å². The summed E-state index contributed by atoms with van der Waals surface area (Å²) < 4.78 is 5.28. The summed E-state index contributed by atoms with van der Waals surface area (Å²) in [4.78, 5) is 14.1. The second-order valence-electron chi connectivity index (χ2n) is 5.90. The smallest absolute Gasteiger partial charge is 0.237 e. The Balaban J connectivity index is 2.40. The monoisotopic (exact) mass is 257 g/mol. The average Bonchev–Trinajstić information content (AvgIpc) is 2.36. The molecule has 1 saturated heterocycles. The highest BCUT2D eigenvalue weighted by Gasteiger charge is 2.28. The number of hydrogen-bond acceptors (Lipinski definition) is 4. The normalized spacial score (nSPS) is 19.9. The molecule has 0 aromatic carbocycles. The van der Waals surface area contributed by atoms with Gasteiger partial charge in [-0.25, -0.2) is 0 Å². The lowest BCUT2D eigenvalue weighted by Crippen LogP contribution is -2.53. The van der Waals surface area contributed by atoms with Crippen molar-refractivity contribution in [3.8, 4) is 0 Å². The van der Waals surface area contributed by atoms with Crippen LogP contribution in [-0.2, 0) is 9.53 Å². The predicted octanol–water partition coefficient (Wildman–Crippen LogP) is 0.197. The van der Waals surface area contributed by atoms with Crippen LogP contribution >= 0.6 is 0 Å². The van der Waals surface area contributed by atoms with E-state index in [1.165, 1.54) is 0 Å². The Kier molecular flexibility index (Phi) is 5.56. The number of carbonyl (C=O) groups excluding carboxylic acids is 1. The molecule has 1 aliphatic heterocycles. The van der Waals surface area contributed by atoms with E-state index in [0.717, 1.165) is 26.1 Å². The Morgan fingerprint density at radius 3 is 2.50 bits per heavy atom. The highest BCUT2D eigenvalue weighted by Crippen LogP contribution is 2.17. The van der Waals surface area contributed by atoms with Crippen molar-refractivity contribution in [2.75, 3.05) is 33.9 Å². The van der Waals surface area contributed by atoms with Crippen molar-refractivity contribution in [1.29, 1.82) is 0 Å².